The van der Waals surface area contributed by atoms with Crippen LogP contribution in [0.1, 0.15) is 53.9 Å². The first-order valence-electron chi connectivity index (χ1n) is 11.6. The Kier molecular flexibility index (Phi) is 6.80. The number of likely N-dealkylation sites (tertiary alicyclic amines) is 1. The van der Waals surface area contributed by atoms with Crippen molar-refractivity contribution in [2.45, 2.75) is 62.3 Å². The van der Waals surface area contributed by atoms with Gasteiger partial charge in [-0.15, -0.1) is 23.1 Å². The monoisotopic (exact) mass is 497 g/mol. The predicted octanol–water partition coefficient (Wildman–Crippen LogP) is 3.42. The summed E-state index contributed by atoms with van der Waals surface area (Å²) in [6.07, 6.45) is 6.34. The van der Waals surface area contributed by atoms with Gasteiger partial charge in [0.15, 0.2) is 0 Å². The maximum atomic E-state index is 13.6. The van der Waals surface area contributed by atoms with Gasteiger partial charge in [0.1, 0.15) is 16.9 Å². The minimum Gasteiger partial charge on any atom is -0.298 e. The molecule has 1 unspecified atom stereocenters. The van der Waals surface area contributed by atoms with Gasteiger partial charge in [-0.2, -0.15) is 0 Å². The van der Waals surface area contributed by atoms with Crippen LogP contribution in [0.15, 0.2) is 34.1 Å². The zero-order valence-corrected chi connectivity index (χ0v) is 20.7. The number of nitrogens with zero attached hydrogens (tertiary/aromatic N) is 4. The molecule has 0 bridgehead atoms. The van der Waals surface area contributed by atoms with Crippen molar-refractivity contribution in [3.63, 3.8) is 0 Å². The maximum Gasteiger partial charge on any atom is 0.263 e. The van der Waals surface area contributed by atoms with Gasteiger partial charge in [0.2, 0.25) is 11.8 Å². The summed E-state index contributed by atoms with van der Waals surface area (Å²) in [5, 5.41) is 3.88. The number of nitrogens with one attached hydrogen (secondary N) is 1. The lowest BCUT2D eigenvalue weighted by Gasteiger charge is -2.25. The molecular formula is C24H27N5O3S2. The van der Waals surface area contributed by atoms with Crippen LogP contribution in [0.25, 0.3) is 10.9 Å². The minimum atomic E-state index is -0.725. The van der Waals surface area contributed by atoms with Crippen LogP contribution in [0.2, 0.25) is 0 Å². The van der Waals surface area contributed by atoms with Crippen LogP contribution in [-0.4, -0.2) is 44.3 Å². The molecule has 2 aromatic heterocycles. The average molecular weight is 498 g/mol. The van der Waals surface area contributed by atoms with Crippen LogP contribution >= 0.6 is 23.1 Å². The molecule has 0 radical (unpaired) electrons. The first-order chi connectivity index (χ1) is 16.5. The van der Waals surface area contributed by atoms with E-state index >= 15 is 0 Å². The van der Waals surface area contributed by atoms with Gasteiger partial charge in [-0.3, -0.25) is 29.2 Å². The lowest BCUT2D eigenvalue weighted by Crippen LogP contribution is -2.45. The molecule has 3 aromatic rings. The molecule has 4 heterocycles. The van der Waals surface area contributed by atoms with Gasteiger partial charge in [0, 0.05) is 28.9 Å². The van der Waals surface area contributed by atoms with Crippen LogP contribution in [-0.2, 0) is 21.9 Å². The Morgan fingerprint density at radius 3 is 2.79 bits per heavy atom. The van der Waals surface area contributed by atoms with Crippen molar-refractivity contribution in [3.05, 3.63) is 50.5 Å². The van der Waals surface area contributed by atoms with Crippen molar-refractivity contribution >= 4 is 45.8 Å². The second-order valence-electron chi connectivity index (χ2n) is 8.80. The lowest BCUT2D eigenvalue weighted by atomic mass is 10.1. The molecule has 2 aliphatic rings. The van der Waals surface area contributed by atoms with Crippen LogP contribution in [0.4, 0.5) is 0 Å². The predicted molar refractivity (Wildman–Crippen MR) is 133 cm³/mol. The van der Waals surface area contributed by atoms with Crippen molar-refractivity contribution in [3.8, 4) is 0 Å². The largest absolute Gasteiger partial charge is 0.298 e. The number of thiazole rings is 1. The van der Waals surface area contributed by atoms with Crippen LogP contribution in [0.3, 0.4) is 0 Å². The first kappa shape index (κ1) is 23.2. The first-order valence-corrected chi connectivity index (χ1v) is 13.4. The number of carbonyl (C=O) groups is 2. The quantitative estimate of drug-likeness (QED) is 0.412. The molecule has 178 valence electrons. The third kappa shape index (κ3) is 4.80. The third-order valence-electron chi connectivity index (χ3n) is 6.37. The number of fused-ring (bicyclic) bond motifs is 1. The number of rotatable bonds is 6. The molecule has 34 heavy (non-hydrogen) atoms. The number of aryl methyl sites for hydroxylation is 1. The Morgan fingerprint density at radius 2 is 2.00 bits per heavy atom. The molecule has 2 saturated heterocycles. The van der Waals surface area contributed by atoms with Gasteiger partial charge < -0.3 is 0 Å². The van der Waals surface area contributed by atoms with Gasteiger partial charge in [0.25, 0.3) is 5.56 Å². The summed E-state index contributed by atoms with van der Waals surface area (Å²) in [5.41, 5.74) is 0.367. The van der Waals surface area contributed by atoms with E-state index in [0.717, 1.165) is 29.5 Å². The fraction of sp³-hybridized carbons (Fsp3) is 0.458. The van der Waals surface area contributed by atoms with Gasteiger partial charge >= 0.3 is 0 Å². The highest BCUT2D eigenvalue weighted by Crippen LogP contribution is 2.30. The van der Waals surface area contributed by atoms with Gasteiger partial charge in [-0.05, 0) is 51.4 Å². The molecule has 5 rings (SSSR count). The summed E-state index contributed by atoms with van der Waals surface area (Å²) in [7, 11) is 0. The Bertz CT molecular complexity index is 1300. The minimum absolute atomic E-state index is 0.209. The second-order valence-corrected chi connectivity index (χ2v) is 11.0. The van der Waals surface area contributed by atoms with Crippen LogP contribution < -0.4 is 10.9 Å². The molecule has 0 spiro atoms. The number of carbonyl (C=O) groups excluding carboxylic acids is 2. The number of hydrogen-bond acceptors (Lipinski definition) is 8. The van der Waals surface area contributed by atoms with Crippen molar-refractivity contribution in [2.24, 2.45) is 0 Å². The zero-order valence-electron chi connectivity index (χ0n) is 19.1. The molecular weight excluding hydrogens is 470 g/mol. The summed E-state index contributed by atoms with van der Waals surface area (Å²) < 4.78 is 1.44. The maximum absolute atomic E-state index is 13.6. The number of hydrogen-bond donors (Lipinski definition) is 1. The van der Waals surface area contributed by atoms with E-state index in [2.05, 4.69) is 20.2 Å². The van der Waals surface area contributed by atoms with E-state index in [-0.39, 0.29) is 17.9 Å². The van der Waals surface area contributed by atoms with E-state index in [1.807, 2.05) is 24.4 Å². The number of aromatic nitrogens is 3. The Hall–Kier alpha value is -2.56. The highest BCUT2D eigenvalue weighted by Gasteiger charge is 2.30. The summed E-state index contributed by atoms with van der Waals surface area (Å²) in [5.74, 6) is 0.378. The standard InChI is InChI=1S/C24H27N5O3S2/c1-15-26-17-6-5-7-19(22(17)24(32)29(15)18-8-9-20(30)27-23(18)31)33-14-21-25-12-16(34-21)13-28-10-3-2-4-11-28/h5-7,12,18H,2-4,8-11,13-14H2,1H3,(H,27,30,31). The topological polar surface area (TPSA) is 97.2 Å². The van der Waals surface area contributed by atoms with Gasteiger partial charge in [-0.25, -0.2) is 9.97 Å². The summed E-state index contributed by atoms with van der Waals surface area (Å²) in [6.45, 7) is 4.99. The Balaban J connectivity index is 1.38. The van der Waals surface area contributed by atoms with Crippen LogP contribution in [0.5, 0.6) is 0 Å². The third-order valence-corrected chi connectivity index (χ3v) is 8.60. The SMILES string of the molecule is Cc1nc2cccc(SCc3ncc(CN4CCCCC4)s3)c2c(=O)n1C1CCC(=O)NC1=O. The van der Waals surface area contributed by atoms with Gasteiger partial charge in [0.05, 0.1) is 16.7 Å². The number of thioether (sulfide) groups is 1. The number of amides is 2. The van der Waals surface area contributed by atoms with E-state index in [1.54, 1.807) is 30.0 Å². The molecule has 2 amide bonds. The summed E-state index contributed by atoms with van der Waals surface area (Å²) in [4.78, 5) is 51.4. The number of imide groups is 1. The number of benzene rings is 1. The molecule has 1 N–H and O–H groups in total. The van der Waals surface area contributed by atoms with E-state index < -0.39 is 11.9 Å². The fourth-order valence-corrected chi connectivity index (χ4v) is 6.74. The van der Waals surface area contributed by atoms with E-state index in [1.165, 1.54) is 28.7 Å². The summed E-state index contributed by atoms with van der Waals surface area (Å²) >= 11 is 3.29. The molecule has 2 aliphatic heterocycles. The molecule has 2 fully saturated rings. The van der Waals surface area contributed by atoms with Crippen LogP contribution in [0, 0.1) is 6.92 Å². The molecule has 8 nitrogen and oxygen atoms in total. The van der Waals surface area contributed by atoms with E-state index in [9.17, 15) is 14.4 Å². The Labute approximate surface area is 205 Å². The number of piperidine rings is 2. The van der Waals surface area contributed by atoms with E-state index in [0.29, 0.717) is 28.9 Å². The van der Waals surface area contributed by atoms with Crippen molar-refractivity contribution in [1.29, 1.82) is 0 Å². The molecule has 0 aliphatic carbocycles. The smallest absolute Gasteiger partial charge is 0.263 e. The molecule has 10 heteroatoms. The van der Waals surface area contributed by atoms with Crippen molar-refractivity contribution in [2.75, 3.05) is 13.1 Å². The second kappa shape index (κ2) is 9.97. The lowest BCUT2D eigenvalue weighted by molar-refractivity contribution is -0.135. The molecule has 1 atom stereocenters. The highest BCUT2D eigenvalue weighted by molar-refractivity contribution is 7.98. The van der Waals surface area contributed by atoms with Crippen molar-refractivity contribution in [1.82, 2.24) is 24.8 Å². The normalized spacial score (nSPS) is 19.5. The summed E-state index contributed by atoms with van der Waals surface area (Å²) in [6, 6.07) is 4.92. The fourth-order valence-electron chi connectivity index (χ4n) is 4.70. The molecule has 1 aromatic carbocycles. The van der Waals surface area contributed by atoms with E-state index in [4.69, 9.17) is 0 Å². The van der Waals surface area contributed by atoms with Crippen molar-refractivity contribution < 1.29 is 9.59 Å². The zero-order chi connectivity index (χ0) is 23.7. The average Bonchev–Trinajstić information content (AvgIpc) is 3.26. The van der Waals surface area contributed by atoms with Gasteiger partial charge in [-0.1, -0.05) is 12.5 Å². The highest BCUT2D eigenvalue weighted by atomic mass is 32.2. The Morgan fingerprint density at radius 1 is 1.18 bits per heavy atom. The molecule has 0 saturated carbocycles.